The Balaban J connectivity index is 1.49. The number of β-lactam (4-membered cyclic amide) rings is 1. The van der Waals surface area contributed by atoms with Crippen LogP contribution in [0.25, 0.3) is 0 Å². The Morgan fingerprint density at radius 3 is 1.74 bits per heavy atom. The highest BCUT2D eigenvalue weighted by Gasteiger charge is 2.64. The van der Waals surface area contributed by atoms with Crippen molar-refractivity contribution in [1.29, 1.82) is 0 Å². The Bertz CT molecular complexity index is 1340. The zero-order valence-corrected chi connectivity index (χ0v) is 23.1. The van der Waals surface area contributed by atoms with Gasteiger partial charge in [-0.05, 0) is 51.3 Å². The van der Waals surface area contributed by atoms with Crippen molar-refractivity contribution >= 4 is 17.7 Å². The van der Waals surface area contributed by atoms with E-state index in [1.807, 2.05) is 4.90 Å². The van der Waals surface area contributed by atoms with Gasteiger partial charge in [0.1, 0.15) is 17.5 Å². The van der Waals surface area contributed by atoms with E-state index in [1.54, 1.807) is 11.8 Å². The second kappa shape index (κ2) is 9.06. The molecule has 3 aromatic carbocycles. The minimum absolute atomic E-state index is 0.0540. The van der Waals surface area contributed by atoms with E-state index in [0.717, 1.165) is 16.7 Å². The van der Waals surface area contributed by atoms with Gasteiger partial charge in [-0.25, -0.2) is 0 Å². The highest BCUT2D eigenvalue weighted by molar-refractivity contribution is 8.01. The molecule has 2 fully saturated rings. The van der Waals surface area contributed by atoms with Crippen LogP contribution in [0, 0.1) is 20.8 Å². The molecule has 7 nitrogen and oxygen atoms in total. The molecule has 4 aromatic rings. The van der Waals surface area contributed by atoms with Crippen molar-refractivity contribution in [2.24, 2.45) is 0 Å². The van der Waals surface area contributed by atoms with E-state index >= 15 is 0 Å². The summed E-state index contributed by atoms with van der Waals surface area (Å²) in [4.78, 5) is 15.9. The molecular weight excluding hydrogens is 492 g/mol. The van der Waals surface area contributed by atoms with Crippen LogP contribution in [-0.4, -0.2) is 47.6 Å². The molecule has 3 unspecified atom stereocenters. The first-order valence-corrected chi connectivity index (χ1v) is 13.8. The first kappa shape index (κ1) is 24.8. The van der Waals surface area contributed by atoms with Crippen LogP contribution in [0.3, 0.4) is 0 Å². The van der Waals surface area contributed by atoms with Crippen LogP contribution in [0.1, 0.15) is 59.1 Å². The van der Waals surface area contributed by atoms with E-state index in [9.17, 15) is 4.79 Å². The summed E-state index contributed by atoms with van der Waals surface area (Å²) >= 11 is 1.79. The molecule has 0 saturated carbocycles. The Morgan fingerprint density at radius 2 is 1.32 bits per heavy atom. The smallest absolute Gasteiger partial charge is 0.244 e. The molecule has 2 saturated heterocycles. The largest absolute Gasteiger partial charge is 0.315 e. The highest BCUT2D eigenvalue weighted by atomic mass is 32.2. The van der Waals surface area contributed by atoms with Crippen molar-refractivity contribution in [2.75, 3.05) is 0 Å². The van der Waals surface area contributed by atoms with E-state index in [-0.39, 0.29) is 28.1 Å². The van der Waals surface area contributed by atoms with E-state index in [1.165, 1.54) is 16.7 Å². The van der Waals surface area contributed by atoms with Gasteiger partial charge in [-0.15, -0.1) is 22.0 Å². The van der Waals surface area contributed by atoms with Gasteiger partial charge in [-0.2, -0.15) is 5.21 Å². The molecule has 0 radical (unpaired) electrons. The molecule has 2 aliphatic heterocycles. The number of H-pyrrole nitrogens is 1. The zero-order valence-electron chi connectivity index (χ0n) is 22.3. The van der Waals surface area contributed by atoms with Gasteiger partial charge in [0.15, 0.2) is 5.82 Å². The number of thioether (sulfide) groups is 1. The number of hydrogen-bond donors (Lipinski definition) is 2. The second-order valence-electron chi connectivity index (χ2n) is 11.0. The maximum Gasteiger partial charge on any atom is 0.244 e. The SMILES string of the molecule is Cc1ccc(C(NC2C(=O)N3C2SC(C)(C)C3c2nn[nH]n2)(c2ccc(C)cc2)c2ccc(C)cc2)cc1. The standard InChI is InChI=1S/C30H32N6OS/c1-18-6-12-21(13-7-18)30(22-14-8-19(2)9-15-22,23-16-10-20(3)11-17-23)31-24-27(37)36-25(26-32-34-35-33-26)29(4,5)38-28(24)36/h6-17,24-25,28,31H,1-5H3,(H,32,33,34,35). The predicted octanol–water partition coefficient (Wildman–Crippen LogP) is 4.81. The second-order valence-corrected chi connectivity index (χ2v) is 12.8. The number of amides is 1. The van der Waals surface area contributed by atoms with Crippen LogP contribution in [0.4, 0.5) is 0 Å². The summed E-state index contributed by atoms with van der Waals surface area (Å²) in [5.41, 5.74) is 6.14. The number of rotatable bonds is 6. The molecule has 0 aliphatic carbocycles. The molecule has 2 aliphatic rings. The summed E-state index contributed by atoms with van der Waals surface area (Å²) in [5.74, 6) is 0.609. The Morgan fingerprint density at radius 1 is 0.842 bits per heavy atom. The zero-order chi connectivity index (χ0) is 26.7. The summed E-state index contributed by atoms with van der Waals surface area (Å²) in [6.07, 6.45) is 0. The third-order valence-corrected chi connectivity index (χ3v) is 9.44. The van der Waals surface area contributed by atoms with Gasteiger partial charge in [-0.1, -0.05) is 94.7 Å². The van der Waals surface area contributed by atoms with Crippen LogP contribution < -0.4 is 5.32 Å². The lowest BCUT2D eigenvalue weighted by molar-refractivity contribution is -0.150. The van der Waals surface area contributed by atoms with Gasteiger partial charge in [0, 0.05) is 4.75 Å². The average molecular weight is 525 g/mol. The van der Waals surface area contributed by atoms with Crippen molar-refractivity contribution in [3.8, 4) is 0 Å². The van der Waals surface area contributed by atoms with Crippen molar-refractivity contribution < 1.29 is 4.79 Å². The highest BCUT2D eigenvalue weighted by Crippen LogP contribution is 2.57. The van der Waals surface area contributed by atoms with Crippen LogP contribution >= 0.6 is 11.8 Å². The normalized spacial score (nSPS) is 22.3. The van der Waals surface area contributed by atoms with Crippen LogP contribution in [-0.2, 0) is 10.3 Å². The summed E-state index contributed by atoms with van der Waals surface area (Å²) in [6, 6.07) is 25.3. The Hall–Kier alpha value is -3.49. The van der Waals surface area contributed by atoms with Crippen molar-refractivity contribution in [3.05, 3.63) is 112 Å². The number of aryl methyl sites for hydroxylation is 3. The Labute approximate surface area is 227 Å². The number of tetrazole rings is 1. The van der Waals surface area contributed by atoms with E-state index in [0.29, 0.717) is 5.82 Å². The average Bonchev–Trinajstić information content (AvgIpc) is 3.51. The van der Waals surface area contributed by atoms with Gasteiger partial charge in [-0.3, -0.25) is 10.1 Å². The molecule has 194 valence electrons. The van der Waals surface area contributed by atoms with Crippen molar-refractivity contribution in [1.82, 2.24) is 30.8 Å². The molecule has 2 N–H and O–H groups in total. The van der Waals surface area contributed by atoms with Gasteiger partial charge < -0.3 is 4.90 Å². The summed E-state index contributed by atoms with van der Waals surface area (Å²) in [5, 5.41) is 18.7. The van der Waals surface area contributed by atoms with Crippen LogP contribution in [0.5, 0.6) is 0 Å². The van der Waals surface area contributed by atoms with Crippen LogP contribution in [0.2, 0.25) is 0 Å². The molecular formula is C30H32N6OS. The molecule has 1 aromatic heterocycles. The van der Waals surface area contributed by atoms with Gasteiger partial charge in [0.2, 0.25) is 5.91 Å². The number of benzene rings is 3. The number of aromatic nitrogens is 4. The lowest BCUT2D eigenvalue weighted by atomic mass is 9.75. The topological polar surface area (TPSA) is 86.8 Å². The van der Waals surface area contributed by atoms with E-state index < -0.39 is 5.54 Å². The first-order chi connectivity index (χ1) is 18.2. The molecule has 8 heteroatoms. The lowest BCUT2D eigenvalue weighted by Gasteiger charge is -2.49. The molecule has 0 bridgehead atoms. The lowest BCUT2D eigenvalue weighted by Crippen LogP contribution is -2.70. The fourth-order valence-corrected chi connectivity index (χ4v) is 7.47. The van der Waals surface area contributed by atoms with Gasteiger partial charge >= 0.3 is 0 Å². The summed E-state index contributed by atoms with van der Waals surface area (Å²) < 4.78 is -0.263. The summed E-state index contributed by atoms with van der Waals surface area (Å²) in [7, 11) is 0. The molecule has 0 spiro atoms. The molecule has 1 amide bonds. The monoisotopic (exact) mass is 524 g/mol. The predicted molar refractivity (Wildman–Crippen MR) is 150 cm³/mol. The molecule has 3 heterocycles. The molecule has 3 atom stereocenters. The number of carbonyl (C=O) groups excluding carboxylic acids is 1. The van der Waals surface area contributed by atoms with Crippen molar-refractivity contribution in [2.45, 2.75) is 62.4 Å². The third kappa shape index (κ3) is 3.85. The Kier molecular flexibility index (Phi) is 5.92. The number of hydrogen-bond acceptors (Lipinski definition) is 6. The maximum absolute atomic E-state index is 13.9. The number of nitrogens with zero attached hydrogens (tertiary/aromatic N) is 4. The summed E-state index contributed by atoms with van der Waals surface area (Å²) in [6.45, 7) is 10.6. The van der Waals surface area contributed by atoms with Crippen LogP contribution in [0.15, 0.2) is 72.8 Å². The third-order valence-electron chi connectivity index (χ3n) is 7.87. The minimum atomic E-state index is -0.726. The fourth-order valence-electron chi connectivity index (χ4n) is 5.84. The van der Waals surface area contributed by atoms with Gasteiger partial charge in [0.25, 0.3) is 0 Å². The van der Waals surface area contributed by atoms with E-state index in [2.05, 4.69) is 133 Å². The maximum atomic E-state index is 13.9. The quantitative estimate of drug-likeness (QED) is 0.278. The number of carbonyl (C=O) groups is 1. The molecule has 38 heavy (non-hydrogen) atoms. The number of fused-ring (bicyclic) bond motifs is 1. The van der Waals surface area contributed by atoms with Crippen molar-refractivity contribution in [3.63, 3.8) is 0 Å². The molecule has 6 rings (SSSR count). The number of aromatic amines is 1. The fraction of sp³-hybridized carbons (Fsp3) is 0.333. The first-order valence-electron chi connectivity index (χ1n) is 12.9. The minimum Gasteiger partial charge on any atom is -0.315 e. The number of nitrogens with one attached hydrogen (secondary N) is 2. The van der Waals surface area contributed by atoms with Gasteiger partial charge in [0.05, 0.1) is 5.54 Å². The van der Waals surface area contributed by atoms with E-state index in [4.69, 9.17) is 0 Å².